The van der Waals surface area contributed by atoms with Crippen molar-refractivity contribution in [3.05, 3.63) is 141 Å². The summed E-state index contributed by atoms with van der Waals surface area (Å²) in [7, 11) is 0. The molecule has 182 valence electrons. The number of rotatable bonds is 9. The molecule has 0 aliphatic heterocycles. The van der Waals surface area contributed by atoms with Crippen LogP contribution < -0.4 is 5.32 Å². The van der Waals surface area contributed by atoms with Crippen molar-refractivity contribution in [2.24, 2.45) is 0 Å². The lowest BCUT2D eigenvalue weighted by molar-refractivity contribution is -0.141. The molecule has 6 heteroatoms. The number of benzene rings is 4. The van der Waals surface area contributed by atoms with Gasteiger partial charge in [0.2, 0.25) is 11.8 Å². The van der Waals surface area contributed by atoms with E-state index >= 15 is 0 Å². The van der Waals surface area contributed by atoms with Crippen LogP contribution in [0.2, 0.25) is 10.0 Å². The van der Waals surface area contributed by atoms with Gasteiger partial charge in [-0.05, 0) is 46.5 Å². The monoisotopic (exact) mass is 516 g/mol. The summed E-state index contributed by atoms with van der Waals surface area (Å²) >= 11 is 12.1. The summed E-state index contributed by atoms with van der Waals surface area (Å²) in [5, 5.41) is 4.26. The molecule has 4 aromatic rings. The van der Waals surface area contributed by atoms with Crippen LogP contribution in [0.25, 0.3) is 0 Å². The van der Waals surface area contributed by atoms with Gasteiger partial charge in [0.15, 0.2) is 0 Å². The molecule has 36 heavy (non-hydrogen) atoms. The smallest absolute Gasteiger partial charge is 0.247 e. The predicted octanol–water partition coefficient (Wildman–Crippen LogP) is 6.62. The Morgan fingerprint density at radius 2 is 1.19 bits per heavy atom. The largest absolute Gasteiger partial charge is 0.350 e. The molecular formula is C30H26Cl2N2O2. The van der Waals surface area contributed by atoms with Crippen molar-refractivity contribution >= 4 is 35.0 Å². The summed E-state index contributed by atoms with van der Waals surface area (Å²) in [5.74, 6) is -0.404. The lowest BCUT2D eigenvalue weighted by Gasteiger charge is -2.32. The fourth-order valence-corrected chi connectivity index (χ4v) is 4.23. The topological polar surface area (TPSA) is 49.4 Å². The molecule has 0 bridgehead atoms. The molecule has 0 aliphatic rings. The van der Waals surface area contributed by atoms with Gasteiger partial charge in [-0.3, -0.25) is 9.59 Å². The van der Waals surface area contributed by atoms with E-state index < -0.39 is 6.04 Å². The molecule has 0 radical (unpaired) electrons. The molecule has 0 saturated carbocycles. The van der Waals surface area contributed by atoms with E-state index in [1.54, 1.807) is 29.2 Å². The third-order valence-corrected chi connectivity index (χ3v) is 6.34. The minimum Gasteiger partial charge on any atom is -0.350 e. The number of nitrogens with zero attached hydrogens (tertiary/aromatic N) is 1. The number of carbonyl (C=O) groups excluding carboxylic acids is 2. The van der Waals surface area contributed by atoms with Gasteiger partial charge in [0, 0.05) is 23.1 Å². The van der Waals surface area contributed by atoms with Gasteiger partial charge in [0.1, 0.15) is 6.04 Å². The van der Waals surface area contributed by atoms with Gasteiger partial charge < -0.3 is 10.2 Å². The number of amides is 2. The lowest BCUT2D eigenvalue weighted by Crippen LogP contribution is -2.43. The zero-order valence-corrected chi connectivity index (χ0v) is 21.1. The third kappa shape index (κ3) is 6.97. The first-order chi connectivity index (χ1) is 17.5. The average Bonchev–Trinajstić information content (AvgIpc) is 2.90. The van der Waals surface area contributed by atoms with E-state index in [-0.39, 0.29) is 24.8 Å². The summed E-state index contributed by atoms with van der Waals surface area (Å²) in [5.41, 5.74) is 3.42. The van der Waals surface area contributed by atoms with Crippen molar-refractivity contribution < 1.29 is 9.59 Å². The summed E-state index contributed by atoms with van der Waals surface area (Å²) in [4.78, 5) is 29.0. The van der Waals surface area contributed by atoms with Crippen LogP contribution in [0, 0.1) is 0 Å². The van der Waals surface area contributed by atoms with Crippen molar-refractivity contribution in [2.75, 3.05) is 0 Å². The number of hydrogen-bond acceptors (Lipinski definition) is 2. The van der Waals surface area contributed by atoms with Gasteiger partial charge in [-0.1, -0.05) is 108 Å². The number of hydrogen-bond donors (Lipinski definition) is 1. The van der Waals surface area contributed by atoms with E-state index in [0.29, 0.717) is 16.6 Å². The Morgan fingerprint density at radius 1 is 0.667 bits per heavy atom. The van der Waals surface area contributed by atoms with Crippen LogP contribution in [0.15, 0.2) is 109 Å². The Hall–Kier alpha value is -3.60. The highest BCUT2D eigenvalue weighted by molar-refractivity contribution is 6.30. The van der Waals surface area contributed by atoms with Crippen LogP contribution in [0.5, 0.6) is 0 Å². The van der Waals surface area contributed by atoms with E-state index in [1.807, 2.05) is 84.9 Å². The molecular weight excluding hydrogens is 491 g/mol. The number of halogens is 2. The van der Waals surface area contributed by atoms with Gasteiger partial charge in [-0.2, -0.15) is 0 Å². The van der Waals surface area contributed by atoms with Crippen LogP contribution in [0.1, 0.15) is 28.3 Å². The Bertz CT molecular complexity index is 1280. The molecule has 2 amide bonds. The Labute approximate surface area is 221 Å². The first-order valence-electron chi connectivity index (χ1n) is 11.6. The predicted molar refractivity (Wildman–Crippen MR) is 145 cm³/mol. The zero-order valence-electron chi connectivity index (χ0n) is 19.6. The molecule has 4 nitrogen and oxygen atoms in total. The summed E-state index contributed by atoms with van der Waals surface area (Å²) in [6.45, 7) is 0.581. The Balaban J connectivity index is 1.66. The average molecular weight is 517 g/mol. The van der Waals surface area contributed by atoms with Crippen LogP contribution >= 0.6 is 23.2 Å². The lowest BCUT2D eigenvalue weighted by atomic mass is 10.0. The van der Waals surface area contributed by atoms with Gasteiger partial charge in [0.05, 0.1) is 6.42 Å². The highest BCUT2D eigenvalue weighted by Crippen LogP contribution is 2.26. The summed E-state index contributed by atoms with van der Waals surface area (Å²) in [6, 6.07) is 32.7. The standard InChI is InChI=1S/C30H26Cl2N2O2/c31-26-15-11-23(12-16-26)20-33-30(36)29(25-9-5-2-6-10-25)34(21-24-13-17-27(32)18-14-24)28(35)19-22-7-3-1-4-8-22/h1-18,29H,19-21H2,(H,33,36). The van der Waals surface area contributed by atoms with E-state index in [2.05, 4.69) is 5.32 Å². The van der Waals surface area contributed by atoms with Crippen LogP contribution in [-0.2, 0) is 29.1 Å². The quantitative estimate of drug-likeness (QED) is 0.271. The molecule has 4 aromatic carbocycles. The molecule has 1 N–H and O–H groups in total. The second-order valence-electron chi connectivity index (χ2n) is 8.47. The molecule has 0 aliphatic carbocycles. The van der Waals surface area contributed by atoms with Crippen molar-refractivity contribution in [1.29, 1.82) is 0 Å². The van der Waals surface area contributed by atoms with Crippen molar-refractivity contribution in [3.63, 3.8) is 0 Å². The summed E-state index contributed by atoms with van der Waals surface area (Å²) in [6.07, 6.45) is 0.183. The molecule has 0 spiro atoms. The Morgan fingerprint density at radius 3 is 1.78 bits per heavy atom. The third-order valence-electron chi connectivity index (χ3n) is 5.84. The van der Waals surface area contributed by atoms with Gasteiger partial charge >= 0.3 is 0 Å². The van der Waals surface area contributed by atoms with Crippen molar-refractivity contribution in [3.8, 4) is 0 Å². The molecule has 0 fully saturated rings. The van der Waals surface area contributed by atoms with E-state index in [0.717, 1.165) is 22.3 Å². The maximum absolute atomic E-state index is 13.7. The minimum atomic E-state index is -0.814. The SMILES string of the molecule is O=C(NCc1ccc(Cl)cc1)C(c1ccccc1)N(Cc1ccc(Cl)cc1)C(=O)Cc1ccccc1. The molecule has 0 heterocycles. The highest BCUT2D eigenvalue weighted by atomic mass is 35.5. The maximum Gasteiger partial charge on any atom is 0.247 e. The Kier molecular flexibility index (Phi) is 8.77. The van der Waals surface area contributed by atoms with Gasteiger partial charge in [-0.15, -0.1) is 0 Å². The fraction of sp³-hybridized carbons (Fsp3) is 0.133. The first kappa shape index (κ1) is 25.5. The van der Waals surface area contributed by atoms with Crippen LogP contribution in [-0.4, -0.2) is 16.7 Å². The maximum atomic E-state index is 13.7. The second-order valence-corrected chi connectivity index (χ2v) is 9.34. The first-order valence-corrected chi connectivity index (χ1v) is 12.4. The van der Waals surface area contributed by atoms with Crippen molar-refractivity contribution in [2.45, 2.75) is 25.6 Å². The van der Waals surface area contributed by atoms with E-state index in [9.17, 15) is 9.59 Å². The van der Waals surface area contributed by atoms with Gasteiger partial charge in [0.25, 0.3) is 0 Å². The fourth-order valence-electron chi connectivity index (χ4n) is 3.98. The van der Waals surface area contributed by atoms with Crippen LogP contribution in [0.4, 0.5) is 0 Å². The normalized spacial score (nSPS) is 11.5. The number of nitrogens with one attached hydrogen (secondary N) is 1. The molecule has 1 unspecified atom stereocenters. The van der Waals surface area contributed by atoms with Crippen LogP contribution in [0.3, 0.4) is 0 Å². The summed E-state index contributed by atoms with van der Waals surface area (Å²) < 4.78 is 0. The van der Waals surface area contributed by atoms with E-state index in [1.165, 1.54) is 0 Å². The highest BCUT2D eigenvalue weighted by Gasteiger charge is 2.31. The molecule has 0 saturated heterocycles. The minimum absolute atomic E-state index is 0.147. The zero-order chi connectivity index (χ0) is 25.3. The second kappa shape index (κ2) is 12.4. The van der Waals surface area contributed by atoms with E-state index in [4.69, 9.17) is 23.2 Å². The van der Waals surface area contributed by atoms with Gasteiger partial charge in [-0.25, -0.2) is 0 Å². The molecule has 4 rings (SSSR count). The molecule has 0 aromatic heterocycles. The van der Waals surface area contributed by atoms with Crippen molar-refractivity contribution in [1.82, 2.24) is 10.2 Å². The molecule has 1 atom stereocenters. The number of carbonyl (C=O) groups is 2.